The van der Waals surface area contributed by atoms with Crippen molar-refractivity contribution in [1.82, 2.24) is 15.0 Å². The fourth-order valence-corrected chi connectivity index (χ4v) is 11.9. The molecular weight excluding hydrogens is 1720 g/mol. The first-order valence-corrected chi connectivity index (χ1v) is 57.5. The van der Waals surface area contributed by atoms with Gasteiger partial charge in [-0.05, 0) is 367 Å². The molecule has 1 aromatic heterocycles. The predicted molar refractivity (Wildman–Crippen MR) is 657 cm³/mol. The second-order valence-corrected chi connectivity index (χ2v) is 63.4. The van der Waals surface area contributed by atoms with Gasteiger partial charge >= 0.3 is 0 Å². The second-order valence-electron chi connectivity index (χ2n) is 63.4. The molecule has 1 aromatic rings. The van der Waals surface area contributed by atoms with Gasteiger partial charge in [-0.2, -0.15) is 0 Å². The molecule has 0 saturated heterocycles. The Kier molecular flexibility index (Phi) is 82.9. The number of hydrogen-bond donors (Lipinski definition) is 0. The summed E-state index contributed by atoms with van der Waals surface area (Å²) in [7, 11) is 0. The van der Waals surface area contributed by atoms with Crippen LogP contribution in [0.1, 0.15) is 652 Å². The summed E-state index contributed by atoms with van der Waals surface area (Å²) in [6.07, 6.45) is 48.7. The lowest BCUT2D eigenvalue weighted by molar-refractivity contribution is 0.356. The summed E-state index contributed by atoms with van der Waals surface area (Å²) in [6, 6.07) is 0. The third kappa shape index (κ3) is 189. The van der Waals surface area contributed by atoms with E-state index in [4.69, 9.17) is 0 Å². The monoisotopic (exact) mass is 1980 g/mol. The van der Waals surface area contributed by atoms with E-state index in [0.29, 0.717) is 49.9 Å². The molecule has 0 aromatic carbocycles. The zero-order valence-corrected chi connectivity index (χ0v) is 109. The van der Waals surface area contributed by atoms with Gasteiger partial charge in [-0.3, -0.25) is 0 Å². The summed E-state index contributed by atoms with van der Waals surface area (Å²) in [5.41, 5.74) is 6.73. The van der Waals surface area contributed by atoms with Crippen molar-refractivity contribution in [3.63, 3.8) is 0 Å². The van der Waals surface area contributed by atoms with Gasteiger partial charge in [0.25, 0.3) is 0 Å². The normalized spacial score (nSPS) is 12.1. The van der Waals surface area contributed by atoms with Crippen LogP contribution in [0.3, 0.4) is 0 Å². The minimum absolute atomic E-state index is 0.0504. The standard InChI is InChI=1S/C18H34.C17H32.C16H30.C15H28.C14H23N3.C14H26.C13H24.C12H22.C11H20.C10H18/c1-17(2,3)15-13-11-9-7-8-10-12-14-16-18(4,5)6;1-16(2,3)14-12-10-8-7-9-11-13-15-17(4,5)6;1-15(2,3)13-11-9-7-8-10-12-14-16(4,5)6;1-14(2,3)12-10-8-7-9-11-13-15(4,5)6;1-13(2,3)8-7-9-17-11-12(15-16-17)10-14(4,5)6;1-13(2,3)11-9-7-8-10-12-14(4,5)6;1-12(2,3)10-8-7-9-11-13(4,5)6;1-11(2,3)9-7-8-10-12(4,5)6;1-10(2,3)8-7-9-11(4,5)6;1-9(2,3)7-8-10(4,5)6/h7-13,15H2,1-6H3;7-12,14H2,1-6H3;7-11,13H2,1-6H3;7-10,12H2,1-6H3;11H,9-10H2,1-6H3;7-9,11H2,1-6H3;7-8,10H2,1-6H3;7,9H2,1-6H3;8H2,1-6H3;1-6H3. The summed E-state index contributed by atoms with van der Waals surface area (Å²) in [5.74, 6) is 65.0. The van der Waals surface area contributed by atoms with Crippen molar-refractivity contribution in [2.75, 3.05) is 0 Å². The Hall–Kier alpha value is -5.26. The molecule has 0 unspecified atom stereocenters. The zero-order valence-electron chi connectivity index (χ0n) is 109. The van der Waals surface area contributed by atoms with Gasteiger partial charge in [0.15, 0.2) is 0 Å². The van der Waals surface area contributed by atoms with Crippen LogP contribution in [0.15, 0.2) is 6.20 Å². The zero-order chi connectivity index (χ0) is 114. The lowest BCUT2D eigenvalue weighted by Gasteiger charge is -2.17. The Morgan fingerprint density at radius 3 is 0.559 bits per heavy atom. The molecular formula is C140H257N3. The molecule has 0 bridgehead atoms. The maximum Gasteiger partial charge on any atom is 0.103 e. The van der Waals surface area contributed by atoms with Crippen LogP contribution in [0.4, 0.5) is 0 Å². The number of nitrogens with zero attached hydrogens (tertiary/aromatic N) is 3. The SMILES string of the molecule is CC(C)(C)C#CC(C)(C)C.CC(C)(C)C#CCC(C)(C)C.CC(C)(C)C#CCCC(C)(C)C.CC(C)(C)C#CCCCC(C)(C)C.CC(C)(C)C#CCCCCC(C)(C)C.CC(C)(C)C#CCCCCCC(C)(C)C.CC(C)(C)C#CCCCCCCC(C)(C)C.CC(C)(C)C#CCCCCCCCC(C)(C)C.CC(C)(C)C#CCCCCCCCCC(C)(C)C.CC(C)(C)C#CCn1cc(CC(C)(C)C)nn1. The first-order valence-electron chi connectivity index (χ1n) is 57.5. The summed E-state index contributed by atoms with van der Waals surface area (Å²) in [6.45, 7) is 133. The topological polar surface area (TPSA) is 30.7 Å². The van der Waals surface area contributed by atoms with Crippen molar-refractivity contribution in [3.8, 4) is 118 Å². The van der Waals surface area contributed by atoms with Crippen LogP contribution in [0.25, 0.3) is 0 Å². The van der Waals surface area contributed by atoms with Gasteiger partial charge < -0.3 is 0 Å². The number of unbranched alkanes of at least 4 members (excludes halogenated alkanes) is 21. The fraction of sp³-hybridized carbons (Fsp3) is 0.843. The molecule has 1 heterocycles. The van der Waals surface area contributed by atoms with E-state index in [1.807, 2.05) is 6.20 Å². The maximum absolute atomic E-state index is 4.16. The van der Waals surface area contributed by atoms with Crippen LogP contribution in [0.2, 0.25) is 0 Å². The van der Waals surface area contributed by atoms with E-state index in [1.165, 1.54) is 180 Å². The molecule has 3 heteroatoms. The Morgan fingerprint density at radius 2 is 0.343 bits per heavy atom. The molecule has 0 atom stereocenters. The lowest BCUT2D eigenvalue weighted by atomic mass is 9.89. The van der Waals surface area contributed by atoms with Crippen LogP contribution >= 0.6 is 0 Å². The molecule has 0 saturated carbocycles. The molecule has 0 fully saturated rings. The van der Waals surface area contributed by atoms with E-state index in [1.54, 1.807) is 4.68 Å². The molecule has 832 valence electrons. The minimum Gasteiger partial charge on any atom is -0.240 e. The van der Waals surface area contributed by atoms with Gasteiger partial charge in [0, 0.05) is 117 Å². The van der Waals surface area contributed by atoms with Crippen molar-refractivity contribution in [3.05, 3.63) is 11.9 Å². The van der Waals surface area contributed by atoms with Crippen molar-refractivity contribution in [2.24, 2.45) is 108 Å². The van der Waals surface area contributed by atoms with Gasteiger partial charge in [0.1, 0.15) is 6.54 Å². The van der Waals surface area contributed by atoms with Gasteiger partial charge in [0.2, 0.25) is 0 Å². The summed E-state index contributed by atoms with van der Waals surface area (Å²) >= 11 is 0. The summed E-state index contributed by atoms with van der Waals surface area (Å²) < 4.78 is 1.81. The Bertz CT molecular complexity index is 3960. The minimum atomic E-state index is 0.0504. The van der Waals surface area contributed by atoms with Gasteiger partial charge in [0.05, 0.1) is 5.69 Å². The molecule has 0 aliphatic carbocycles. The van der Waals surface area contributed by atoms with Crippen LogP contribution in [0.5, 0.6) is 0 Å². The third-order valence-electron chi connectivity index (χ3n) is 19.3. The lowest BCUT2D eigenvalue weighted by Crippen LogP contribution is -2.09. The summed E-state index contributed by atoms with van der Waals surface area (Å²) in [4.78, 5) is 0. The molecule has 0 aliphatic rings. The van der Waals surface area contributed by atoms with E-state index < -0.39 is 0 Å². The number of rotatable bonds is 30. The molecule has 1 rings (SSSR count). The average molecular weight is 1980 g/mol. The highest BCUT2D eigenvalue weighted by molar-refractivity contribution is 5.15. The first kappa shape index (κ1) is 155. The highest BCUT2D eigenvalue weighted by atomic mass is 15.4. The smallest absolute Gasteiger partial charge is 0.103 e. The molecule has 143 heavy (non-hydrogen) atoms. The highest BCUT2D eigenvalue weighted by Crippen LogP contribution is 2.31. The van der Waals surface area contributed by atoms with Crippen molar-refractivity contribution >= 4 is 0 Å². The van der Waals surface area contributed by atoms with Crippen LogP contribution in [-0.2, 0) is 13.0 Å². The molecule has 0 N–H and O–H groups in total. The Morgan fingerprint density at radius 1 is 0.168 bits per heavy atom. The van der Waals surface area contributed by atoms with E-state index in [9.17, 15) is 0 Å². The van der Waals surface area contributed by atoms with Gasteiger partial charge in [-0.15, -0.1) is 52.5 Å². The largest absolute Gasteiger partial charge is 0.240 e. The Balaban J connectivity index is -0.000000200. The number of aromatic nitrogens is 3. The average Bonchev–Trinajstić information content (AvgIpc) is 1.74. The number of hydrogen-bond acceptors (Lipinski definition) is 2. The predicted octanol–water partition coefficient (Wildman–Crippen LogP) is 44.7. The Labute approximate surface area is 907 Å². The van der Waals surface area contributed by atoms with Gasteiger partial charge in [-0.1, -0.05) is 360 Å². The molecule has 0 aliphatic heterocycles. The molecule has 3 nitrogen and oxygen atoms in total. The third-order valence-corrected chi connectivity index (χ3v) is 19.3. The quantitative estimate of drug-likeness (QED) is 0.0568. The van der Waals surface area contributed by atoms with E-state index in [0.717, 1.165) is 63.5 Å². The van der Waals surface area contributed by atoms with Crippen LogP contribution < -0.4 is 0 Å². The van der Waals surface area contributed by atoms with Crippen molar-refractivity contribution in [1.29, 1.82) is 0 Å². The first-order chi connectivity index (χ1) is 63.5. The van der Waals surface area contributed by atoms with Crippen molar-refractivity contribution in [2.45, 2.75) is 660 Å². The summed E-state index contributed by atoms with van der Waals surface area (Å²) in [5, 5.41) is 8.25. The highest BCUT2D eigenvalue weighted by Gasteiger charge is 2.19. The van der Waals surface area contributed by atoms with Crippen molar-refractivity contribution < 1.29 is 0 Å². The van der Waals surface area contributed by atoms with E-state index >= 15 is 0 Å². The van der Waals surface area contributed by atoms with Crippen LogP contribution in [-0.4, -0.2) is 15.0 Å². The van der Waals surface area contributed by atoms with E-state index in [-0.39, 0.29) is 65.0 Å². The van der Waals surface area contributed by atoms with Crippen LogP contribution in [0, 0.1) is 227 Å². The molecule has 0 spiro atoms. The maximum atomic E-state index is 4.16. The second kappa shape index (κ2) is 76.3. The van der Waals surface area contributed by atoms with Gasteiger partial charge in [-0.25, -0.2) is 4.68 Å². The van der Waals surface area contributed by atoms with E-state index in [2.05, 4.69) is 544 Å². The molecule has 0 amide bonds. The molecule has 0 radical (unpaired) electrons. The fourth-order valence-electron chi connectivity index (χ4n) is 11.9.